The molecular weight excluding hydrogens is 411 g/mol. The zero-order chi connectivity index (χ0) is 22.0. The molecule has 3 aromatic rings. The SMILES string of the molecule is O=C(Nc1cccc(C(F)(F)F)c1)N1CCN(Cc2nc3ccccc3c(=O)[nH]2)CC1. The fourth-order valence-corrected chi connectivity index (χ4v) is 3.51. The van der Waals surface area contributed by atoms with E-state index in [9.17, 15) is 22.8 Å². The van der Waals surface area contributed by atoms with E-state index in [0.717, 1.165) is 12.1 Å². The summed E-state index contributed by atoms with van der Waals surface area (Å²) in [6.45, 7) is 2.34. The topological polar surface area (TPSA) is 81.3 Å². The van der Waals surface area contributed by atoms with Crippen molar-refractivity contribution in [1.29, 1.82) is 0 Å². The minimum absolute atomic E-state index is 0.0974. The van der Waals surface area contributed by atoms with E-state index in [-0.39, 0.29) is 11.2 Å². The smallest absolute Gasteiger partial charge is 0.322 e. The number of alkyl halides is 3. The lowest BCUT2D eigenvalue weighted by Crippen LogP contribution is -2.49. The summed E-state index contributed by atoms with van der Waals surface area (Å²) >= 11 is 0. The Kier molecular flexibility index (Phi) is 5.64. The van der Waals surface area contributed by atoms with Crippen LogP contribution in [0.1, 0.15) is 11.4 Å². The third kappa shape index (κ3) is 4.85. The van der Waals surface area contributed by atoms with Gasteiger partial charge >= 0.3 is 12.2 Å². The van der Waals surface area contributed by atoms with Crippen LogP contribution >= 0.6 is 0 Å². The summed E-state index contributed by atoms with van der Waals surface area (Å²) in [6.07, 6.45) is -4.47. The predicted octanol–water partition coefficient (Wildman–Crippen LogP) is 3.29. The lowest BCUT2D eigenvalue weighted by atomic mass is 10.2. The monoisotopic (exact) mass is 431 g/mol. The number of halogens is 3. The molecule has 2 N–H and O–H groups in total. The Hall–Kier alpha value is -3.40. The van der Waals surface area contributed by atoms with Gasteiger partial charge in [-0.2, -0.15) is 13.2 Å². The first-order chi connectivity index (χ1) is 14.8. The fraction of sp³-hybridized carbons (Fsp3) is 0.286. The van der Waals surface area contributed by atoms with Crippen LogP contribution < -0.4 is 10.9 Å². The lowest BCUT2D eigenvalue weighted by molar-refractivity contribution is -0.137. The highest BCUT2D eigenvalue weighted by molar-refractivity contribution is 5.89. The molecule has 1 aliphatic rings. The van der Waals surface area contributed by atoms with E-state index in [1.54, 1.807) is 23.1 Å². The summed E-state index contributed by atoms with van der Waals surface area (Å²) in [5, 5.41) is 3.05. The molecule has 1 aliphatic heterocycles. The summed E-state index contributed by atoms with van der Waals surface area (Å²) in [6, 6.07) is 11.2. The van der Waals surface area contributed by atoms with E-state index in [1.807, 2.05) is 6.07 Å². The number of nitrogens with one attached hydrogen (secondary N) is 2. The molecule has 1 aromatic heterocycles. The molecule has 162 valence electrons. The second kappa shape index (κ2) is 8.38. The van der Waals surface area contributed by atoms with Crippen molar-refractivity contribution in [1.82, 2.24) is 19.8 Å². The van der Waals surface area contributed by atoms with Crippen molar-refractivity contribution in [2.45, 2.75) is 12.7 Å². The van der Waals surface area contributed by atoms with Crippen LogP contribution in [0, 0.1) is 0 Å². The summed E-state index contributed by atoms with van der Waals surface area (Å²) in [5.41, 5.74) is -0.285. The van der Waals surface area contributed by atoms with Gasteiger partial charge in [0.05, 0.1) is 23.0 Å². The molecule has 0 bridgehead atoms. The van der Waals surface area contributed by atoms with Crippen molar-refractivity contribution in [3.05, 3.63) is 70.3 Å². The van der Waals surface area contributed by atoms with Crippen LogP contribution in [0.4, 0.5) is 23.7 Å². The third-order valence-electron chi connectivity index (χ3n) is 5.14. The number of carbonyl (C=O) groups excluding carboxylic acids is 1. The van der Waals surface area contributed by atoms with Crippen molar-refractivity contribution in [3.63, 3.8) is 0 Å². The number of rotatable bonds is 3. The number of anilines is 1. The number of urea groups is 1. The normalized spacial score (nSPS) is 15.3. The second-order valence-electron chi connectivity index (χ2n) is 7.30. The van der Waals surface area contributed by atoms with E-state index in [4.69, 9.17) is 0 Å². The molecule has 1 saturated heterocycles. The number of carbonyl (C=O) groups is 1. The molecule has 4 rings (SSSR count). The van der Waals surface area contributed by atoms with Crippen LogP contribution in [-0.4, -0.2) is 52.0 Å². The van der Waals surface area contributed by atoms with E-state index < -0.39 is 17.8 Å². The van der Waals surface area contributed by atoms with Gasteiger partial charge in [0, 0.05) is 31.9 Å². The molecule has 2 amide bonds. The number of para-hydroxylation sites is 1. The lowest BCUT2D eigenvalue weighted by Gasteiger charge is -2.34. The molecule has 0 spiro atoms. The van der Waals surface area contributed by atoms with Crippen LogP contribution in [0.5, 0.6) is 0 Å². The van der Waals surface area contributed by atoms with Crippen LogP contribution in [0.2, 0.25) is 0 Å². The van der Waals surface area contributed by atoms with Crippen molar-refractivity contribution in [2.24, 2.45) is 0 Å². The molecule has 0 atom stereocenters. The van der Waals surface area contributed by atoms with E-state index in [0.29, 0.717) is 49.5 Å². The first-order valence-corrected chi connectivity index (χ1v) is 9.73. The molecule has 0 saturated carbocycles. The first kappa shape index (κ1) is 20.9. The largest absolute Gasteiger partial charge is 0.416 e. The van der Waals surface area contributed by atoms with Gasteiger partial charge in [0.25, 0.3) is 5.56 Å². The number of nitrogens with zero attached hydrogens (tertiary/aromatic N) is 3. The van der Waals surface area contributed by atoms with Gasteiger partial charge in [0.2, 0.25) is 0 Å². The zero-order valence-corrected chi connectivity index (χ0v) is 16.4. The van der Waals surface area contributed by atoms with E-state index >= 15 is 0 Å². The van der Waals surface area contributed by atoms with E-state index in [2.05, 4.69) is 20.2 Å². The summed E-state index contributed by atoms with van der Waals surface area (Å²) in [5.74, 6) is 0.547. The zero-order valence-electron chi connectivity index (χ0n) is 16.4. The number of aromatic amines is 1. The molecule has 1 fully saturated rings. The number of fused-ring (bicyclic) bond motifs is 1. The molecule has 7 nitrogen and oxygen atoms in total. The number of amides is 2. The van der Waals surface area contributed by atoms with Crippen molar-refractivity contribution in [3.8, 4) is 0 Å². The minimum Gasteiger partial charge on any atom is -0.322 e. The van der Waals surface area contributed by atoms with Gasteiger partial charge in [0.15, 0.2) is 0 Å². The van der Waals surface area contributed by atoms with Crippen molar-refractivity contribution < 1.29 is 18.0 Å². The third-order valence-corrected chi connectivity index (χ3v) is 5.14. The number of hydrogen-bond donors (Lipinski definition) is 2. The van der Waals surface area contributed by atoms with Crippen molar-refractivity contribution >= 4 is 22.6 Å². The van der Waals surface area contributed by atoms with Crippen LogP contribution in [0.25, 0.3) is 10.9 Å². The number of H-pyrrole nitrogens is 1. The first-order valence-electron chi connectivity index (χ1n) is 9.73. The quantitative estimate of drug-likeness (QED) is 0.667. The summed E-state index contributed by atoms with van der Waals surface area (Å²) < 4.78 is 38.5. The minimum atomic E-state index is -4.47. The summed E-state index contributed by atoms with van der Waals surface area (Å²) in [7, 11) is 0. The highest BCUT2D eigenvalue weighted by atomic mass is 19.4. The standard InChI is InChI=1S/C21H20F3N5O2/c22-21(23,24)14-4-3-5-15(12-14)25-20(31)29-10-8-28(9-11-29)13-18-26-17-7-2-1-6-16(17)19(30)27-18/h1-7,12H,8-11,13H2,(H,25,31)(H,26,27,30). The predicted molar refractivity (Wildman–Crippen MR) is 110 cm³/mol. The number of piperazine rings is 1. The molecule has 0 radical (unpaired) electrons. The Bertz CT molecular complexity index is 1150. The highest BCUT2D eigenvalue weighted by Gasteiger charge is 2.30. The Balaban J connectivity index is 1.35. The Labute approximate surface area is 175 Å². The molecule has 10 heteroatoms. The Morgan fingerprint density at radius 2 is 1.81 bits per heavy atom. The Morgan fingerprint density at radius 1 is 1.06 bits per heavy atom. The van der Waals surface area contributed by atoms with Gasteiger partial charge in [-0.15, -0.1) is 0 Å². The molecule has 2 heterocycles. The maximum Gasteiger partial charge on any atom is 0.416 e. The molecular formula is C21H20F3N5O2. The molecule has 0 unspecified atom stereocenters. The maximum absolute atomic E-state index is 12.8. The van der Waals surface area contributed by atoms with Crippen molar-refractivity contribution in [2.75, 3.05) is 31.5 Å². The van der Waals surface area contributed by atoms with Crippen LogP contribution in [-0.2, 0) is 12.7 Å². The average molecular weight is 431 g/mol. The summed E-state index contributed by atoms with van der Waals surface area (Å²) in [4.78, 5) is 35.5. The Morgan fingerprint density at radius 3 is 2.55 bits per heavy atom. The second-order valence-corrected chi connectivity index (χ2v) is 7.30. The van der Waals surface area contributed by atoms with Gasteiger partial charge in [-0.3, -0.25) is 9.69 Å². The maximum atomic E-state index is 12.8. The van der Waals surface area contributed by atoms with Gasteiger partial charge < -0.3 is 15.2 Å². The van der Waals surface area contributed by atoms with Gasteiger partial charge in [-0.1, -0.05) is 18.2 Å². The van der Waals surface area contributed by atoms with Gasteiger partial charge in [-0.25, -0.2) is 9.78 Å². The number of benzene rings is 2. The molecule has 0 aliphatic carbocycles. The van der Waals surface area contributed by atoms with Crippen LogP contribution in [0.3, 0.4) is 0 Å². The number of hydrogen-bond acceptors (Lipinski definition) is 4. The van der Waals surface area contributed by atoms with Gasteiger partial charge in [-0.05, 0) is 30.3 Å². The molecule has 2 aromatic carbocycles. The average Bonchev–Trinajstić information content (AvgIpc) is 2.74. The molecule has 31 heavy (non-hydrogen) atoms. The van der Waals surface area contributed by atoms with Gasteiger partial charge in [0.1, 0.15) is 5.82 Å². The number of aromatic nitrogens is 2. The van der Waals surface area contributed by atoms with Crippen LogP contribution in [0.15, 0.2) is 53.3 Å². The fourth-order valence-electron chi connectivity index (χ4n) is 3.51. The van der Waals surface area contributed by atoms with E-state index in [1.165, 1.54) is 12.1 Å². The highest BCUT2D eigenvalue weighted by Crippen LogP contribution is 2.30.